The molecule has 0 radical (unpaired) electrons. The third-order valence-corrected chi connectivity index (χ3v) is 3.50. The number of halogens is 1. The predicted octanol–water partition coefficient (Wildman–Crippen LogP) is 4.31. The van der Waals surface area contributed by atoms with E-state index in [4.69, 9.17) is 16.3 Å². The summed E-state index contributed by atoms with van der Waals surface area (Å²) in [6.07, 6.45) is 0.831. The first-order valence-electron chi connectivity index (χ1n) is 6.13. The van der Waals surface area contributed by atoms with E-state index < -0.39 is 0 Å². The van der Waals surface area contributed by atoms with E-state index in [1.807, 2.05) is 24.3 Å². The van der Waals surface area contributed by atoms with Crippen LogP contribution in [-0.2, 0) is 0 Å². The molecule has 0 unspecified atom stereocenters. The number of fused-ring (bicyclic) bond motifs is 1. The Morgan fingerprint density at radius 3 is 2.75 bits per heavy atom. The van der Waals surface area contributed by atoms with Crippen LogP contribution in [0.3, 0.4) is 0 Å². The van der Waals surface area contributed by atoms with Crippen molar-refractivity contribution in [2.75, 3.05) is 7.11 Å². The maximum atomic E-state index is 11.2. The first kappa shape index (κ1) is 12.8. The number of rotatable bonds is 3. The van der Waals surface area contributed by atoms with Gasteiger partial charge < -0.3 is 9.72 Å². The van der Waals surface area contributed by atoms with Crippen LogP contribution < -0.4 is 4.74 Å². The molecule has 0 atom stereocenters. The van der Waals surface area contributed by atoms with Crippen LogP contribution in [0.15, 0.2) is 42.5 Å². The van der Waals surface area contributed by atoms with Crippen LogP contribution in [0.4, 0.5) is 0 Å². The molecular formula is C16H12ClNO2. The lowest BCUT2D eigenvalue weighted by Crippen LogP contribution is -1.87. The van der Waals surface area contributed by atoms with E-state index in [0.717, 1.165) is 34.2 Å². The monoisotopic (exact) mass is 285 g/mol. The third-order valence-electron chi connectivity index (χ3n) is 3.26. The lowest BCUT2D eigenvalue weighted by molar-refractivity contribution is 0.112. The number of carbonyl (C=O) groups excluding carboxylic acids is 1. The number of hydrogen-bond donors (Lipinski definition) is 1. The Kier molecular flexibility index (Phi) is 3.20. The molecule has 1 N–H and O–H groups in total. The van der Waals surface area contributed by atoms with Gasteiger partial charge in [-0.1, -0.05) is 11.6 Å². The summed E-state index contributed by atoms with van der Waals surface area (Å²) in [5, 5.41) is 1.62. The van der Waals surface area contributed by atoms with Crippen LogP contribution >= 0.6 is 11.6 Å². The van der Waals surface area contributed by atoms with Gasteiger partial charge in [0.15, 0.2) is 6.29 Å². The van der Waals surface area contributed by atoms with Crippen LogP contribution in [0, 0.1) is 0 Å². The molecule has 3 rings (SSSR count). The number of nitrogens with one attached hydrogen (secondary N) is 1. The normalized spacial score (nSPS) is 10.7. The molecule has 0 fully saturated rings. The van der Waals surface area contributed by atoms with E-state index >= 15 is 0 Å². The van der Waals surface area contributed by atoms with Crippen LogP contribution in [0.2, 0.25) is 5.02 Å². The minimum absolute atomic E-state index is 0.599. The molecule has 0 amide bonds. The first-order chi connectivity index (χ1) is 9.71. The van der Waals surface area contributed by atoms with Crippen molar-refractivity contribution in [1.29, 1.82) is 0 Å². The molecule has 4 heteroatoms. The Labute approximate surface area is 121 Å². The van der Waals surface area contributed by atoms with Crippen molar-refractivity contribution in [2.45, 2.75) is 0 Å². The smallest absolute Gasteiger partial charge is 0.150 e. The Morgan fingerprint density at radius 1 is 1.15 bits per heavy atom. The maximum Gasteiger partial charge on any atom is 0.150 e. The lowest BCUT2D eigenvalue weighted by Gasteiger charge is -2.02. The Hall–Kier alpha value is -2.26. The average molecular weight is 286 g/mol. The van der Waals surface area contributed by atoms with Crippen molar-refractivity contribution in [2.24, 2.45) is 0 Å². The van der Waals surface area contributed by atoms with Gasteiger partial charge >= 0.3 is 0 Å². The summed E-state index contributed by atoms with van der Waals surface area (Å²) < 4.78 is 5.21. The van der Waals surface area contributed by atoms with Gasteiger partial charge in [-0.2, -0.15) is 0 Å². The van der Waals surface area contributed by atoms with Crippen molar-refractivity contribution < 1.29 is 9.53 Å². The molecule has 0 aliphatic heterocycles. The van der Waals surface area contributed by atoms with Crippen molar-refractivity contribution in [1.82, 2.24) is 4.98 Å². The molecule has 0 aliphatic rings. The first-order valence-corrected chi connectivity index (χ1v) is 6.51. The molecule has 0 aliphatic carbocycles. The number of aldehydes is 1. The van der Waals surface area contributed by atoms with Gasteiger partial charge in [0.2, 0.25) is 0 Å². The molecule has 0 bridgehead atoms. The number of ether oxygens (including phenoxy) is 1. The summed E-state index contributed by atoms with van der Waals surface area (Å²) in [7, 11) is 1.64. The summed E-state index contributed by atoms with van der Waals surface area (Å²) in [6.45, 7) is 0. The quantitative estimate of drug-likeness (QED) is 0.729. The molecule has 1 heterocycles. The fourth-order valence-electron chi connectivity index (χ4n) is 2.25. The van der Waals surface area contributed by atoms with E-state index in [1.54, 1.807) is 25.3 Å². The SMILES string of the molecule is COc1ccc2[nH]c(-c3cc(Cl)ccc3C=O)cc2c1. The highest BCUT2D eigenvalue weighted by atomic mass is 35.5. The highest BCUT2D eigenvalue weighted by Gasteiger charge is 2.09. The van der Waals surface area contributed by atoms with Gasteiger partial charge in [-0.3, -0.25) is 4.79 Å². The molecule has 100 valence electrons. The number of methoxy groups -OCH3 is 1. The summed E-state index contributed by atoms with van der Waals surface area (Å²) in [5.74, 6) is 0.796. The second-order valence-electron chi connectivity index (χ2n) is 4.49. The summed E-state index contributed by atoms with van der Waals surface area (Å²) >= 11 is 6.02. The van der Waals surface area contributed by atoms with Gasteiger partial charge in [-0.25, -0.2) is 0 Å². The van der Waals surface area contributed by atoms with Gasteiger partial charge in [0.25, 0.3) is 0 Å². The van der Waals surface area contributed by atoms with Crippen LogP contribution in [-0.4, -0.2) is 18.4 Å². The number of benzene rings is 2. The van der Waals surface area contributed by atoms with E-state index in [-0.39, 0.29) is 0 Å². The van der Waals surface area contributed by atoms with Gasteiger partial charge in [0.1, 0.15) is 5.75 Å². The summed E-state index contributed by atoms with van der Waals surface area (Å²) in [6, 6.07) is 13.0. The summed E-state index contributed by atoms with van der Waals surface area (Å²) in [5.41, 5.74) is 3.24. The van der Waals surface area contributed by atoms with Gasteiger partial charge in [0.05, 0.1) is 7.11 Å². The molecule has 3 nitrogen and oxygen atoms in total. The molecule has 20 heavy (non-hydrogen) atoms. The standard InChI is InChI=1S/C16H12ClNO2/c1-20-13-4-5-15-11(6-13)7-16(18-15)14-8-12(17)3-2-10(14)9-19/h2-9,18H,1H3. The minimum Gasteiger partial charge on any atom is -0.497 e. The number of hydrogen-bond acceptors (Lipinski definition) is 2. The molecule has 0 spiro atoms. The molecule has 2 aromatic carbocycles. The fraction of sp³-hybridized carbons (Fsp3) is 0.0625. The Morgan fingerprint density at radius 2 is 2.00 bits per heavy atom. The number of H-pyrrole nitrogens is 1. The molecule has 3 aromatic rings. The van der Waals surface area contributed by atoms with E-state index in [9.17, 15) is 4.79 Å². The van der Waals surface area contributed by atoms with Crippen molar-refractivity contribution in [3.63, 3.8) is 0 Å². The van der Waals surface area contributed by atoms with Crippen molar-refractivity contribution in [3.05, 3.63) is 53.1 Å². The molecule has 1 aromatic heterocycles. The minimum atomic E-state index is 0.599. The largest absolute Gasteiger partial charge is 0.497 e. The molecule has 0 saturated carbocycles. The lowest BCUT2D eigenvalue weighted by atomic mass is 10.1. The van der Waals surface area contributed by atoms with Gasteiger partial charge in [-0.05, 0) is 42.5 Å². The average Bonchev–Trinajstić information content (AvgIpc) is 2.89. The van der Waals surface area contributed by atoms with Crippen molar-refractivity contribution >= 4 is 28.8 Å². The Bertz CT molecular complexity index is 792. The second-order valence-corrected chi connectivity index (χ2v) is 4.92. The number of aromatic amines is 1. The maximum absolute atomic E-state index is 11.2. The second kappa shape index (κ2) is 5.02. The molecule has 0 saturated heterocycles. The van der Waals surface area contributed by atoms with E-state index in [0.29, 0.717) is 10.6 Å². The topological polar surface area (TPSA) is 42.1 Å². The molecular weight excluding hydrogens is 274 g/mol. The van der Waals surface area contributed by atoms with Crippen LogP contribution in [0.1, 0.15) is 10.4 Å². The predicted molar refractivity (Wildman–Crippen MR) is 80.7 cm³/mol. The van der Waals surface area contributed by atoms with Crippen LogP contribution in [0.25, 0.3) is 22.2 Å². The van der Waals surface area contributed by atoms with Gasteiger partial charge in [0, 0.05) is 32.7 Å². The zero-order chi connectivity index (χ0) is 14.1. The highest BCUT2D eigenvalue weighted by Crippen LogP contribution is 2.30. The third kappa shape index (κ3) is 2.17. The Balaban J connectivity index is 2.19. The number of carbonyl (C=O) groups is 1. The zero-order valence-corrected chi connectivity index (χ0v) is 11.6. The van der Waals surface area contributed by atoms with Gasteiger partial charge in [-0.15, -0.1) is 0 Å². The fourth-order valence-corrected chi connectivity index (χ4v) is 2.42. The van der Waals surface area contributed by atoms with E-state index in [1.165, 1.54) is 0 Å². The summed E-state index contributed by atoms with van der Waals surface area (Å²) in [4.78, 5) is 14.4. The van der Waals surface area contributed by atoms with Crippen LogP contribution in [0.5, 0.6) is 5.75 Å². The highest BCUT2D eigenvalue weighted by molar-refractivity contribution is 6.31. The van der Waals surface area contributed by atoms with E-state index in [2.05, 4.69) is 4.98 Å². The zero-order valence-electron chi connectivity index (χ0n) is 10.8. The van der Waals surface area contributed by atoms with Crippen molar-refractivity contribution in [3.8, 4) is 17.0 Å². The number of aromatic nitrogens is 1.